The average molecular weight is 229 g/mol. The highest BCUT2D eigenvalue weighted by Crippen LogP contribution is 2.03. The van der Waals surface area contributed by atoms with Crippen molar-refractivity contribution in [1.29, 1.82) is 0 Å². The van der Waals surface area contributed by atoms with E-state index >= 15 is 0 Å². The highest BCUT2D eigenvalue weighted by molar-refractivity contribution is 5.77. The number of ether oxygens (including phenoxy) is 1. The Morgan fingerprint density at radius 2 is 1.81 bits per heavy atom. The van der Waals surface area contributed by atoms with Crippen molar-refractivity contribution in [3.63, 3.8) is 0 Å². The molecule has 0 fully saturated rings. The second kappa shape index (κ2) is 8.57. The zero-order chi connectivity index (χ0) is 12.6. The summed E-state index contributed by atoms with van der Waals surface area (Å²) in [5.74, 6) is 1.01. The van der Waals surface area contributed by atoms with Crippen LogP contribution in [0, 0.1) is 11.8 Å². The molecule has 0 aliphatic heterocycles. The Hall–Kier alpha value is -0.570. The lowest BCUT2D eigenvalue weighted by molar-refractivity contribution is -0.133. The minimum absolute atomic E-state index is 0.0749. The van der Waals surface area contributed by atoms with E-state index in [0.29, 0.717) is 13.2 Å². The third kappa shape index (κ3) is 7.69. The van der Waals surface area contributed by atoms with Crippen LogP contribution in [0.3, 0.4) is 0 Å². The molecule has 0 aromatic rings. The second-order valence-electron chi connectivity index (χ2n) is 5.06. The van der Waals surface area contributed by atoms with E-state index in [-0.39, 0.29) is 11.8 Å². The fraction of sp³-hybridized carbons (Fsp3) is 0.923. The summed E-state index contributed by atoms with van der Waals surface area (Å²) in [6.45, 7) is 10.4. The van der Waals surface area contributed by atoms with Crippen LogP contribution in [0.1, 0.15) is 40.5 Å². The van der Waals surface area contributed by atoms with E-state index in [1.807, 2.05) is 20.9 Å². The first-order valence-corrected chi connectivity index (χ1v) is 6.27. The maximum atomic E-state index is 11.5. The van der Waals surface area contributed by atoms with Gasteiger partial charge in [-0.05, 0) is 18.8 Å². The normalized spacial score (nSPS) is 11.2. The number of carbonyl (C=O) groups is 1. The summed E-state index contributed by atoms with van der Waals surface area (Å²) in [5, 5.41) is 0. The standard InChI is InChI=1S/C13H27NO2/c1-11(2)7-6-9-16-10-8-14(5)13(15)12(3)4/h11-12H,6-10H2,1-5H3. The fourth-order valence-corrected chi connectivity index (χ4v) is 1.45. The number of amides is 1. The predicted molar refractivity (Wildman–Crippen MR) is 67.4 cm³/mol. The van der Waals surface area contributed by atoms with Crippen molar-refractivity contribution < 1.29 is 9.53 Å². The molecule has 3 heteroatoms. The lowest BCUT2D eigenvalue weighted by Crippen LogP contribution is -2.33. The molecule has 96 valence electrons. The monoisotopic (exact) mass is 229 g/mol. The van der Waals surface area contributed by atoms with Crippen molar-refractivity contribution in [1.82, 2.24) is 4.90 Å². The number of nitrogens with zero attached hydrogens (tertiary/aromatic N) is 1. The van der Waals surface area contributed by atoms with Crippen molar-refractivity contribution in [3.8, 4) is 0 Å². The Morgan fingerprint density at radius 3 is 2.31 bits per heavy atom. The Labute approximate surface area is 100 Å². The summed E-state index contributed by atoms with van der Waals surface area (Å²) in [7, 11) is 1.83. The number of rotatable bonds is 8. The van der Waals surface area contributed by atoms with Gasteiger partial charge in [0, 0.05) is 26.1 Å². The summed E-state index contributed by atoms with van der Waals surface area (Å²) in [6, 6.07) is 0. The van der Waals surface area contributed by atoms with E-state index in [0.717, 1.165) is 18.9 Å². The first-order valence-electron chi connectivity index (χ1n) is 6.27. The van der Waals surface area contributed by atoms with Crippen molar-refractivity contribution >= 4 is 5.91 Å². The third-order valence-electron chi connectivity index (χ3n) is 2.51. The van der Waals surface area contributed by atoms with Crippen LogP contribution in [0.25, 0.3) is 0 Å². The van der Waals surface area contributed by atoms with E-state index in [1.54, 1.807) is 4.90 Å². The van der Waals surface area contributed by atoms with Crippen LogP contribution in [0.2, 0.25) is 0 Å². The number of hydrogen-bond donors (Lipinski definition) is 0. The van der Waals surface area contributed by atoms with Gasteiger partial charge in [-0.25, -0.2) is 0 Å². The molecule has 0 spiro atoms. The molecule has 0 N–H and O–H groups in total. The molecule has 0 saturated heterocycles. The summed E-state index contributed by atoms with van der Waals surface area (Å²) < 4.78 is 5.49. The highest BCUT2D eigenvalue weighted by atomic mass is 16.5. The number of hydrogen-bond acceptors (Lipinski definition) is 2. The smallest absolute Gasteiger partial charge is 0.224 e. The third-order valence-corrected chi connectivity index (χ3v) is 2.51. The maximum absolute atomic E-state index is 11.5. The fourth-order valence-electron chi connectivity index (χ4n) is 1.45. The quantitative estimate of drug-likeness (QED) is 0.599. The zero-order valence-electron chi connectivity index (χ0n) is 11.5. The molecular weight excluding hydrogens is 202 g/mol. The van der Waals surface area contributed by atoms with E-state index < -0.39 is 0 Å². The number of likely N-dealkylation sites (N-methyl/N-ethyl adjacent to an activating group) is 1. The molecule has 3 nitrogen and oxygen atoms in total. The second-order valence-corrected chi connectivity index (χ2v) is 5.06. The van der Waals surface area contributed by atoms with Gasteiger partial charge in [0.15, 0.2) is 0 Å². The molecule has 0 aromatic carbocycles. The molecular formula is C13H27NO2. The van der Waals surface area contributed by atoms with Crippen LogP contribution in [0.15, 0.2) is 0 Å². The van der Waals surface area contributed by atoms with Gasteiger partial charge < -0.3 is 9.64 Å². The Morgan fingerprint density at radius 1 is 1.19 bits per heavy atom. The molecule has 0 aromatic heterocycles. The molecule has 0 saturated carbocycles. The van der Waals surface area contributed by atoms with Crippen LogP contribution in [-0.4, -0.2) is 37.6 Å². The zero-order valence-corrected chi connectivity index (χ0v) is 11.5. The molecule has 0 rings (SSSR count). The predicted octanol–water partition coefficient (Wildman–Crippen LogP) is 2.55. The van der Waals surface area contributed by atoms with Gasteiger partial charge in [0.25, 0.3) is 0 Å². The van der Waals surface area contributed by atoms with Crippen molar-refractivity contribution in [2.24, 2.45) is 11.8 Å². The lowest BCUT2D eigenvalue weighted by atomic mass is 10.1. The molecule has 0 radical (unpaired) electrons. The summed E-state index contributed by atoms with van der Waals surface area (Å²) in [5.41, 5.74) is 0. The summed E-state index contributed by atoms with van der Waals surface area (Å²) in [4.78, 5) is 13.3. The van der Waals surface area contributed by atoms with Gasteiger partial charge in [-0.3, -0.25) is 4.79 Å². The Balaban J connectivity index is 3.41. The van der Waals surface area contributed by atoms with Crippen LogP contribution in [-0.2, 0) is 9.53 Å². The molecule has 0 bridgehead atoms. The molecule has 0 unspecified atom stereocenters. The minimum atomic E-state index is 0.0749. The molecule has 0 aliphatic carbocycles. The Kier molecular flexibility index (Phi) is 8.26. The van der Waals surface area contributed by atoms with E-state index in [1.165, 1.54) is 6.42 Å². The first kappa shape index (κ1) is 15.4. The summed E-state index contributed by atoms with van der Waals surface area (Å²) in [6.07, 6.45) is 2.32. The van der Waals surface area contributed by atoms with Gasteiger partial charge >= 0.3 is 0 Å². The molecule has 1 amide bonds. The van der Waals surface area contributed by atoms with Gasteiger partial charge in [-0.2, -0.15) is 0 Å². The highest BCUT2D eigenvalue weighted by Gasteiger charge is 2.11. The van der Waals surface area contributed by atoms with Gasteiger partial charge in [0.2, 0.25) is 5.91 Å². The Bertz CT molecular complexity index is 190. The SMILES string of the molecule is CC(C)CCCOCCN(C)C(=O)C(C)C. The van der Waals surface area contributed by atoms with Gasteiger partial charge in [-0.1, -0.05) is 27.7 Å². The van der Waals surface area contributed by atoms with Crippen LogP contribution < -0.4 is 0 Å². The van der Waals surface area contributed by atoms with E-state index in [9.17, 15) is 4.79 Å². The van der Waals surface area contributed by atoms with Crippen LogP contribution in [0.5, 0.6) is 0 Å². The van der Waals surface area contributed by atoms with Crippen molar-refractivity contribution in [3.05, 3.63) is 0 Å². The minimum Gasteiger partial charge on any atom is -0.380 e. The average Bonchev–Trinajstić information content (AvgIpc) is 2.21. The van der Waals surface area contributed by atoms with Gasteiger partial charge in [-0.15, -0.1) is 0 Å². The molecule has 16 heavy (non-hydrogen) atoms. The topological polar surface area (TPSA) is 29.5 Å². The molecule has 0 heterocycles. The molecule has 0 aliphatic rings. The summed E-state index contributed by atoms with van der Waals surface area (Å²) >= 11 is 0. The molecule has 0 atom stereocenters. The van der Waals surface area contributed by atoms with E-state index in [2.05, 4.69) is 13.8 Å². The van der Waals surface area contributed by atoms with Gasteiger partial charge in [0.05, 0.1) is 6.61 Å². The largest absolute Gasteiger partial charge is 0.380 e. The van der Waals surface area contributed by atoms with Crippen molar-refractivity contribution in [2.45, 2.75) is 40.5 Å². The van der Waals surface area contributed by atoms with Gasteiger partial charge in [0.1, 0.15) is 0 Å². The van der Waals surface area contributed by atoms with Crippen LogP contribution >= 0.6 is 0 Å². The van der Waals surface area contributed by atoms with Crippen LogP contribution in [0.4, 0.5) is 0 Å². The van der Waals surface area contributed by atoms with E-state index in [4.69, 9.17) is 4.74 Å². The maximum Gasteiger partial charge on any atom is 0.224 e. The lowest BCUT2D eigenvalue weighted by Gasteiger charge is -2.19. The van der Waals surface area contributed by atoms with Crippen molar-refractivity contribution in [2.75, 3.05) is 26.8 Å². The number of carbonyl (C=O) groups excluding carboxylic acids is 1. The first-order chi connectivity index (χ1) is 7.45.